The average molecular weight is 440 g/mol. The van der Waals surface area contributed by atoms with Crippen LogP contribution in [-0.4, -0.2) is 76.0 Å². The lowest BCUT2D eigenvalue weighted by Gasteiger charge is -2.31. The second kappa shape index (κ2) is 9.13. The van der Waals surface area contributed by atoms with Gasteiger partial charge in [-0.05, 0) is 19.9 Å². The Labute approximate surface area is 185 Å². The molecule has 168 valence electrons. The number of benzene rings is 1. The van der Waals surface area contributed by atoms with Crippen LogP contribution in [-0.2, 0) is 14.3 Å². The van der Waals surface area contributed by atoms with E-state index in [4.69, 9.17) is 4.74 Å². The number of aliphatic hydroxyl groups is 1. The zero-order valence-corrected chi connectivity index (χ0v) is 18.0. The molecule has 0 radical (unpaired) electrons. The maximum atomic E-state index is 14.8. The topological polar surface area (TPSA) is 95.9 Å². The normalized spacial score (nSPS) is 21.3. The van der Waals surface area contributed by atoms with Crippen LogP contribution < -0.4 is 0 Å². The van der Waals surface area contributed by atoms with Crippen molar-refractivity contribution in [2.45, 2.75) is 19.9 Å². The molecular formula is C23H25FN4O4. The molecule has 1 aromatic heterocycles. The quantitative estimate of drug-likeness (QED) is 0.432. The monoisotopic (exact) mass is 440 g/mol. The molecule has 1 unspecified atom stereocenters. The van der Waals surface area contributed by atoms with Gasteiger partial charge in [-0.15, -0.1) is 0 Å². The second-order valence-electron chi connectivity index (χ2n) is 7.88. The summed E-state index contributed by atoms with van der Waals surface area (Å²) in [4.78, 5) is 37.8. The van der Waals surface area contributed by atoms with Gasteiger partial charge in [-0.1, -0.05) is 18.2 Å². The van der Waals surface area contributed by atoms with Gasteiger partial charge in [0.1, 0.15) is 17.4 Å². The minimum Gasteiger partial charge on any atom is -0.507 e. The van der Waals surface area contributed by atoms with Gasteiger partial charge in [0.2, 0.25) is 0 Å². The summed E-state index contributed by atoms with van der Waals surface area (Å²) in [5.41, 5.74) is 0.698. The number of ether oxygens (including phenoxy) is 1. The molecule has 0 saturated carbocycles. The van der Waals surface area contributed by atoms with Gasteiger partial charge in [-0.25, -0.2) is 14.4 Å². The number of likely N-dealkylation sites (tertiary alicyclic amines) is 1. The minimum atomic E-state index is -1.04. The van der Waals surface area contributed by atoms with Crippen LogP contribution in [0, 0.1) is 19.7 Å². The van der Waals surface area contributed by atoms with Crippen LogP contribution >= 0.6 is 0 Å². The Hall–Kier alpha value is -3.17. The van der Waals surface area contributed by atoms with Crippen molar-refractivity contribution in [2.75, 3.05) is 39.4 Å². The van der Waals surface area contributed by atoms with Crippen LogP contribution in [0.5, 0.6) is 0 Å². The van der Waals surface area contributed by atoms with Crippen LogP contribution in [0.15, 0.2) is 36.0 Å². The van der Waals surface area contributed by atoms with Crippen molar-refractivity contribution >= 4 is 17.4 Å². The predicted molar refractivity (Wildman–Crippen MR) is 114 cm³/mol. The third-order valence-corrected chi connectivity index (χ3v) is 5.86. The number of carbonyl (C=O) groups excluding carboxylic acids is 2. The number of hydrogen-bond donors (Lipinski definition) is 1. The number of hydrogen-bond acceptors (Lipinski definition) is 7. The first-order chi connectivity index (χ1) is 15.4. The van der Waals surface area contributed by atoms with Gasteiger partial charge in [-0.2, -0.15) is 0 Å². The first-order valence-corrected chi connectivity index (χ1v) is 10.5. The summed E-state index contributed by atoms with van der Waals surface area (Å²) in [7, 11) is 0. The number of aliphatic hydroxyl groups excluding tert-OH is 1. The lowest BCUT2D eigenvalue weighted by atomic mass is 9.95. The van der Waals surface area contributed by atoms with E-state index in [1.54, 1.807) is 19.9 Å². The number of carbonyl (C=O) groups is 2. The lowest BCUT2D eigenvalue weighted by Crippen LogP contribution is -2.42. The highest BCUT2D eigenvalue weighted by Crippen LogP contribution is 2.40. The van der Waals surface area contributed by atoms with Crippen LogP contribution in [0.25, 0.3) is 5.76 Å². The highest BCUT2D eigenvalue weighted by molar-refractivity contribution is 6.46. The Bertz CT molecular complexity index is 1080. The molecule has 2 fully saturated rings. The molecule has 2 aliphatic rings. The van der Waals surface area contributed by atoms with Crippen LogP contribution in [0.4, 0.5) is 4.39 Å². The molecule has 32 heavy (non-hydrogen) atoms. The summed E-state index contributed by atoms with van der Waals surface area (Å²) >= 11 is 0. The maximum absolute atomic E-state index is 14.8. The highest BCUT2D eigenvalue weighted by atomic mass is 19.1. The molecule has 4 rings (SSSR count). The number of rotatable bonds is 5. The number of morpholine rings is 1. The Morgan fingerprint density at radius 3 is 2.59 bits per heavy atom. The van der Waals surface area contributed by atoms with E-state index < -0.39 is 29.3 Å². The number of Topliss-reactive ketones (excluding diaryl/α,β-unsaturated/α-hetero) is 1. The molecule has 1 aromatic carbocycles. The first kappa shape index (κ1) is 22.0. The van der Waals surface area contributed by atoms with Crippen LogP contribution in [0.3, 0.4) is 0 Å². The van der Waals surface area contributed by atoms with Gasteiger partial charge in [0.05, 0.1) is 36.1 Å². The van der Waals surface area contributed by atoms with Crippen molar-refractivity contribution in [3.63, 3.8) is 0 Å². The summed E-state index contributed by atoms with van der Waals surface area (Å²) in [6.07, 6.45) is 1.41. The largest absolute Gasteiger partial charge is 0.507 e. The van der Waals surface area contributed by atoms with Crippen molar-refractivity contribution in [3.8, 4) is 0 Å². The molecule has 1 atom stereocenters. The van der Waals surface area contributed by atoms with E-state index in [9.17, 15) is 19.1 Å². The van der Waals surface area contributed by atoms with E-state index in [1.165, 1.54) is 29.3 Å². The van der Waals surface area contributed by atoms with E-state index >= 15 is 0 Å². The molecule has 1 amide bonds. The second-order valence-corrected chi connectivity index (χ2v) is 7.88. The van der Waals surface area contributed by atoms with Gasteiger partial charge in [0, 0.05) is 37.9 Å². The number of halogens is 1. The molecule has 1 N–H and O–H groups in total. The van der Waals surface area contributed by atoms with Crippen LogP contribution in [0.2, 0.25) is 0 Å². The van der Waals surface area contributed by atoms with Gasteiger partial charge < -0.3 is 14.7 Å². The minimum absolute atomic E-state index is 0.154. The molecule has 0 aliphatic carbocycles. The summed E-state index contributed by atoms with van der Waals surface area (Å²) in [6.45, 7) is 6.74. The van der Waals surface area contributed by atoms with Crippen LogP contribution in [0.1, 0.15) is 28.7 Å². The van der Waals surface area contributed by atoms with E-state index in [2.05, 4.69) is 14.9 Å². The van der Waals surface area contributed by atoms with E-state index in [0.29, 0.717) is 44.4 Å². The van der Waals surface area contributed by atoms with Gasteiger partial charge in [0.15, 0.2) is 0 Å². The summed E-state index contributed by atoms with van der Waals surface area (Å²) in [6, 6.07) is 4.94. The van der Waals surface area contributed by atoms with Crippen molar-refractivity contribution in [1.29, 1.82) is 0 Å². The summed E-state index contributed by atoms with van der Waals surface area (Å²) < 4.78 is 20.2. The first-order valence-electron chi connectivity index (χ1n) is 10.5. The third-order valence-electron chi connectivity index (χ3n) is 5.86. The standard InChI is InChI=1S/C23H25FN4O4/c1-14-17(13-25-15(2)26-14)21(29)19-20(16-5-3-4-6-18(16)24)28(23(31)22(19)30)8-7-27-9-11-32-12-10-27/h3-6,13,20,29H,7-12H2,1-2H3. The molecular weight excluding hydrogens is 415 g/mol. The van der Waals surface area contributed by atoms with E-state index in [1.807, 2.05) is 0 Å². The van der Waals surface area contributed by atoms with Crippen molar-refractivity contribution in [1.82, 2.24) is 19.8 Å². The van der Waals surface area contributed by atoms with Crippen molar-refractivity contribution in [3.05, 3.63) is 64.5 Å². The Morgan fingerprint density at radius 1 is 1.19 bits per heavy atom. The molecule has 8 nitrogen and oxygen atoms in total. The predicted octanol–water partition coefficient (Wildman–Crippen LogP) is 1.99. The molecule has 2 aliphatic heterocycles. The number of nitrogens with zero attached hydrogens (tertiary/aromatic N) is 4. The Kier molecular flexibility index (Phi) is 6.29. The molecule has 2 saturated heterocycles. The Balaban J connectivity index is 1.78. The lowest BCUT2D eigenvalue weighted by molar-refractivity contribution is -0.140. The average Bonchev–Trinajstić information content (AvgIpc) is 3.03. The zero-order chi connectivity index (χ0) is 22.8. The maximum Gasteiger partial charge on any atom is 0.295 e. The molecule has 0 spiro atoms. The molecule has 3 heterocycles. The van der Waals surface area contributed by atoms with Gasteiger partial charge in [-0.3, -0.25) is 14.5 Å². The fourth-order valence-corrected chi connectivity index (χ4v) is 4.17. The summed E-state index contributed by atoms with van der Waals surface area (Å²) in [5.74, 6) is -2.06. The zero-order valence-electron chi connectivity index (χ0n) is 18.0. The molecule has 2 aromatic rings. The Morgan fingerprint density at radius 2 is 1.91 bits per heavy atom. The van der Waals surface area contributed by atoms with E-state index in [-0.39, 0.29) is 23.2 Å². The van der Waals surface area contributed by atoms with Gasteiger partial charge in [0.25, 0.3) is 11.7 Å². The third kappa shape index (κ3) is 4.13. The highest BCUT2D eigenvalue weighted by Gasteiger charge is 2.47. The van der Waals surface area contributed by atoms with E-state index in [0.717, 1.165) is 0 Å². The molecule has 9 heteroatoms. The molecule has 0 bridgehead atoms. The number of aromatic nitrogens is 2. The number of ketones is 1. The number of amides is 1. The number of aryl methyl sites for hydroxylation is 2. The summed E-state index contributed by atoms with van der Waals surface area (Å²) in [5, 5.41) is 11.1. The van der Waals surface area contributed by atoms with Crippen molar-refractivity contribution < 1.29 is 23.8 Å². The SMILES string of the molecule is Cc1ncc(C(O)=C2C(=O)C(=O)N(CCN3CCOCC3)C2c2ccccc2F)c(C)n1. The van der Waals surface area contributed by atoms with Gasteiger partial charge >= 0.3 is 0 Å². The fraction of sp³-hybridized carbons (Fsp3) is 0.391. The fourth-order valence-electron chi connectivity index (χ4n) is 4.17. The smallest absolute Gasteiger partial charge is 0.295 e. The van der Waals surface area contributed by atoms with Crippen molar-refractivity contribution in [2.24, 2.45) is 0 Å².